The van der Waals surface area contributed by atoms with E-state index >= 15 is 0 Å². The fourth-order valence-corrected chi connectivity index (χ4v) is 2.15. The van der Waals surface area contributed by atoms with Gasteiger partial charge in [-0.15, -0.1) is 0 Å². The van der Waals surface area contributed by atoms with E-state index in [1.807, 2.05) is 31.2 Å². The molecule has 0 bridgehead atoms. The van der Waals surface area contributed by atoms with Crippen molar-refractivity contribution in [2.24, 2.45) is 0 Å². The zero-order valence-electron chi connectivity index (χ0n) is 13.3. The Labute approximate surface area is 138 Å². The van der Waals surface area contributed by atoms with Gasteiger partial charge < -0.3 is 9.26 Å². The smallest absolute Gasteiger partial charge is 0.232 e. The highest BCUT2D eigenvalue weighted by Crippen LogP contribution is 2.24. The second-order valence-corrected chi connectivity index (χ2v) is 5.16. The summed E-state index contributed by atoms with van der Waals surface area (Å²) in [5.74, 6) is 1.31. The summed E-state index contributed by atoms with van der Waals surface area (Å²) in [7, 11) is 1.60. The number of benzene rings is 1. The number of carbonyl (C=O) groups excluding carboxylic acids is 1. The van der Waals surface area contributed by atoms with Crippen LogP contribution in [0.5, 0.6) is 5.75 Å². The zero-order chi connectivity index (χ0) is 16.9. The van der Waals surface area contributed by atoms with Crippen molar-refractivity contribution in [1.29, 1.82) is 0 Å². The summed E-state index contributed by atoms with van der Waals surface area (Å²) in [4.78, 5) is 20.2. The van der Waals surface area contributed by atoms with Gasteiger partial charge in [-0.2, -0.15) is 0 Å². The quantitative estimate of drug-likeness (QED) is 0.776. The fraction of sp³-hybridized carbons (Fsp3) is 0.176. The van der Waals surface area contributed by atoms with Crippen LogP contribution in [0.4, 0.5) is 5.95 Å². The lowest BCUT2D eigenvalue weighted by molar-refractivity contribution is -0.115. The molecule has 0 radical (unpaired) electrons. The maximum Gasteiger partial charge on any atom is 0.232 e. The van der Waals surface area contributed by atoms with Crippen LogP contribution in [0, 0.1) is 6.92 Å². The van der Waals surface area contributed by atoms with Gasteiger partial charge in [0.1, 0.15) is 5.75 Å². The monoisotopic (exact) mass is 324 g/mol. The van der Waals surface area contributed by atoms with Crippen LogP contribution >= 0.6 is 0 Å². The summed E-state index contributed by atoms with van der Waals surface area (Å²) < 4.78 is 10.5. The standard InChI is InChI=1S/C17H16N4O3/c1-11-6-7-18-17(19-11)20-16(22)10-13-9-15(24-21-13)12-4-3-5-14(8-12)23-2/h3-9H,10H2,1-2H3,(H,18,19,20,22). The first kappa shape index (κ1) is 15.7. The number of rotatable bonds is 5. The molecular weight excluding hydrogens is 308 g/mol. The van der Waals surface area contributed by atoms with Crippen LogP contribution < -0.4 is 10.1 Å². The van der Waals surface area contributed by atoms with E-state index in [4.69, 9.17) is 9.26 Å². The van der Waals surface area contributed by atoms with Gasteiger partial charge in [0, 0.05) is 23.5 Å². The van der Waals surface area contributed by atoms with Crippen molar-refractivity contribution < 1.29 is 14.1 Å². The molecule has 24 heavy (non-hydrogen) atoms. The number of anilines is 1. The van der Waals surface area contributed by atoms with Crippen molar-refractivity contribution in [3.63, 3.8) is 0 Å². The van der Waals surface area contributed by atoms with E-state index < -0.39 is 0 Å². The number of carbonyl (C=O) groups is 1. The molecule has 0 saturated heterocycles. The molecule has 122 valence electrons. The molecule has 1 N–H and O–H groups in total. The van der Waals surface area contributed by atoms with Crippen molar-refractivity contribution in [2.45, 2.75) is 13.3 Å². The number of methoxy groups -OCH3 is 1. The first-order valence-electron chi connectivity index (χ1n) is 7.33. The van der Waals surface area contributed by atoms with Gasteiger partial charge >= 0.3 is 0 Å². The van der Waals surface area contributed by atoms with Gasteiger partial charge in [0.25, 0.3) is 0 Å². The largest absolute Gasteiger partial charge is 0.497 e. The molecule has 3 aromatic rings. The third-order valence-electron chi connectivity index (χ3n) is 3.30. The molecule has 1 amide bonds. The first-order chi connectivity index (χ1) is 11.6. The van der Waals surface area contributed by atoms with Crippen LogP contribution in [0.3, 0.4) is 0 Å². The molecule has 3 rings (SSSR count). The predicted molar refractivity (Wildman–Crippen MR) is 87.6 cm³/mol. The molecule has 0 spiro atoms. The van der Waals surface area contributed by atoms with Crippen LogP contribution in [0.15, 0.2) is 47.1 Å². The molecule has 0 saturated carbocycles. The average molecular weight is 324 g/mol. The summed E-state index contributed by atoms with van der Waals surface area (Å²) in [6.45, 7) is 1.83. The van der Waals surface area contributed by atoms with E-state index in [2.05, 4.69) is 20.4 Å². The summed E-state index contributed by atoms with van der Waals surface area (Å²) in [5.41, 5.74) is 2.13. The van der Waals surface area contributed by atoms with Gasteiger partial charge in [-0.3, -0.25) is 10.1 Å². The minimum Gasteiger partial charge on any atom is -0.497 e. The summed E-state index contributed by atoms with van der Waals surface area (Å²) in [6.07, 6.45) is 1.67. The third kappa shape index (κ3) is 3.75. The molecule has 0 fully saturated rings. The number of aryl methyl sites for hydroxylation is 1. The molecular formula is C17H16N4O3. The van der Waals surface area contributed by atoms with Crippen molar-refractivity contribution in [3.8, 4) is 17.1 Å². The second-order valence-electron chi connectivity index (χ2n) is 5.16. The van der Waals surface area contributed by atoms with Gasteiger partial charge in [0.2, 0.25) is 11.9 Å². The minimum atomic E-state index is -0.258. The fourth-order valence-electron chi connectivity index (χ4n) is 2.15. The summed E-state index contributed by atoms with van der Waals surface area (Å²) in [5, 5.41) is 6.57. The Bertz CT molecular complexity index is 860. The minimum absolute atomic E-state index is 0.0742. The number of nitrogens with zero attached hydrogens (tertiary/aromatic N) is 3. The molecule has 7 heteroatoms. The lowest BCUT2D eigenvalue weighted by atomic mass is 10.1. The molecule has 2 heterocycles. The van der Waals surface area contributed by atoms with Gasteiger partial charge in [-0.05, 0) is 25.1 Å². The molecule has 0 aliphatic carbocycles. The highest BCUT2D eigenvalue weighted by atomic mass is 16.5. The van der Waals surface area contributed by atoms with Crippen molar-refractivity contribution in [3.05, 3.63) is 54.0 Å². The van der Waals surface area contributed by atoms with Crippen LogP contribution in [-0.4, -0.2) is 28.1 Å². The Kier molecular flexibility index (Phi) is 4.51. The van der Waals surface area contributed by atoms with Crippen molar-refractivity contribution >= 4 is 11.9 Å². The molecule has 7 nitrogen and oxygen atoms in total. The lowest BCUT2D eigenvalue weighted by Crippen LogP contribution is -2.16. The van der Waals surface area contributed by atoms with E-state index in [1.54, 1.807) is 25.4 Å². The van der Waals surface area contributed by atoms with Crippen molar-refractivity contribution in [2.75, 3.05) is 12.4 Å². The number of aromatic nitrogens is 3. The molecule has 2 aromatic heterocycles. The summed E-state index contributed by atoms with van der Waals surface area (Å²) in [6, 6.07) is 10.9. The van der Waals surface area contributed by atoms with E-state index in [9.17, 15) is 4.79 Å². The van der Waals surface area contributed by atoms with Crippen molar-refractivity contribution in [1.82, 2.24) is 15.1 Å². The molecule has 0 atom stereocenters. The van der Waals surface area contributed by atoms with E-state index in [-0.39, 0.29) is 18.3 Å². The first-order valence-corrected chi connectivity index (χ1v) is 7.33. The molecule has 0 unspecified atom stereocenters. The van der Waals surface area contributed by atoms with Crippen LogP contribution in [0.2, 0.25) is 0 Å². The lowest BCUT2D eigenvalue weighted by Gasteiger charge is -2.02. The Morgan fingerprint density at radius 3 is 2.96 bits per heavy atom. The van der Waals surface area contributed by atoms with E-state index in [0.717, 1.165) is 17.0 Å². The van der Waals surface area contributed by atoms with Gasteiger partial charge in [-0.25, -0.2) is 9.97 Å². The Balaban J connectivity index is 1.68. The Morgan fingerprint density at radius 2 is 2.17 bits per heavy atom. The Hall–Kier alpha value is -3.22. The predicted octanol–water partition coefficient (Wildman–Crippen LogP) is 2.63. The highest BCUT2D eigenvalue weighted by molar-refractivity contribution is 5.90. The third-order valence-corrected chi connectivity index (χ3v) is 3.30. The van der Waals surface area contributed by atoms with Crippen LogP contribution in [-0.2, 0) is 11.2 Å². The highest BCUT2D eigenvalue weighted by Gasteiger charge is 2.12. The second kappa shape index (κ2) is 6.91. The number of hydrogen-bond donors (Lipinski definition) is 1. The van der Waals surface area contributed by atoms with Crippen LogP contribution in [0.1, 0.15) is 11.4 Å². The number of ether oxygens (including phenoxy) is 1. The number of amides is 1. The average Bonchev–Trinajstić information content (AvgIpc) is 3.03. The SMILES string of the molecule is COc1cccc(-c2cc(CC(=O)Nc3nccc(C)n3)no2)c1. The molecule has 0 aliphatic heterocycles. The Morgan fingerprint density at radius 1 is 1.29 bits per heavy atom. The van der Waals surface area contributed by atoms with Crippen LogP contribution in [0.25, 0.3) is 11.3 Å². The molecule has 0 aliphatic rings. The summed E-state index contributed by atoms with van der Waals surface area (Å²) >= 11 is 0. The molecule has 1 aromatic carbocycles. The normalized spacial score (nSPS) is 10.4. The number of nitrogens with one attached hydrogen (secondary N) is 1. The van der Waals surface area contributed by atoms with Gasteiger partial charge in [0.05, 0.1) is 19.2 Å². The van der Waals surface area contributed by atoms with Gasteiger partial charge in [-0.1, -0.05) is 17.3 Å². The maximum absolute atomic E-state index is 12.0. The van der Waals surface area contributed by atoms with E-state index in [1.165, 1.54) is 0 Å². The maximum atomic E-state index is 12.0. The zero-order valence-corrected chi connectivity index (χ0v) is 13.3. The number of hydrogen-bond acceptors (Lipinski definition) is 6. The van der Waals surface area contributed by atoms with E-state index in [0.29, 0.717) is 11.5 Å². The van der Waals surface area contributed by atoms with Gasteiger partial charge in [0.15, 0.2) is 5.76 Å². The topological polar surface area (TPSA) is 90.1 Å².